The van der Waals surface area contributed by atoms with Crippen molar-refractivity contribution in [3.8, 4) is 0 Å². The molecule has 0 aliphatic rings. The number of benzene rings is 2. The molecule has 7 heteroatoms. The van der Waals surface area contributed by atoms with E-state index in [2.05, 4.69) is 4.72 Å². The fourth-order valence-corrected chi connectivity index (χ4v) is 2.78. The number of aliphatic hydroxyl groups excluding tert-OH is 1. The fourth-order valence-electron chi connectivity index (χ4n) is 1.71. The lowest BCUT2D eigenvalue weighted by Crippen LogP contribution is -2.28. The largest absolute Gasteiger partial charge is 0.387 e. The number of halogens is 2. The van der Waals surface area contributed by atoms with Crippen molar-refractivity contribution in [2.45, 2.75) is 11.0 Å². The van der Waals surface area contributed by atoms with E-state index in [-0.39, 0.29) is 11.4 Å². The normalized spacial score (nSPS) is 13.1. The summed E-state index contributed by atoms with van der Waals surface area (Å²) >= 11 is 0. The average Bonchev–Trinajstić information content (AvgIpc) is 2.45. The van der Waals surface area contributed by atoms with Crippen molar-refractivity contribution >= 4 is 10.0 Å². The summed E-state index contributed by atoms with van der Waals surface area (Å²) in [5, 5.41) is 9.85. The van der Waals surface area contributed by atoms with Crippen LogP contribution in [0.2, 0.25) is 0 Å². The Balaban J connectivity index is 2.06. The van der Waals surface area contributed by atoms with E-state index in [1.807, 2.05) is 0 Å². The molecule has 0 fully saturated rings. The second-order valence-corrected chi connectivity index (χ2v) is 6.14. The molecule has 0 bridgehead atoms. The maximum atomic E-state index is 13.0. The van der Waals surface area contributed by atoms with Crippen LogP contribution in [0.25, 0.3) is 0 Å². The highest BCUT2D eigenvalue weighted by Gasteiger charge is 2.17. The Morgan fingerprint density at radius 1 is 1.05 bits per heavy atom. The topological polar surface area (TPSA) is 66.4 Å². The number of hydrogen-bond acceptors (Lipinski definition) is 3. The van der Waals surface area contributed by atoms with E-state index in [1.54, 1.807) is 0 Å². The first-order chi connectivity index (χ1) is 9.88. The van der Waals surface area contributed by atoms with Gasteiger partial charge in [0.05, 0.1) is 11.0 Å². The van der Waals surface area contributed by atoms with E-state index < -0.39 is 27.8 Å². The molecule has 0 heterocycles. The average molecular weight is 313 g/mol. The number of nitrogens with one attached hydrogen (secondary N) is 1. The molecule has 0 radical (unpaired) electrons. The van der Waals surface area contributed by atoms with Gasteiger partial charge in [-0.2, -0.15) is 0 Å². The number of hydrogen-bond donors (Lipinski definition) is 2. The Bertz CT molecular complexity index is 717. The van der Waals surface area contributed by atoms with Gasteiger partial charge < -0.3 is 5.11 Å². The standard InChI is InChI=1S/C14H13F2NO3S/c15-11-6-4-10(5-7-11)14(18)9-17-21(19,20)13-3-1-2-12(16)8-13/h1-8,14,17-18H,9H2. The summed E-state index contributed by atoms with van der Waals surface area (Å²) in [6.45, 7) is -0.301. The second-order valence-electron chi connectivity index (χ2n) is 4.38. The molecule has 0 aliphatic heterocycles. The fraction of sp³-hybridized carbons (Fsp3) is 0.143. The molecule has 2 aromatic rings. The molecule has 2 N–H and O–H groups in total. The van der Waals surface area contributed by atoms with Crippen LogP contribution in [0.1, 0.15) is 11.7 Å². The van der Waals surface area contributed by atoms with Gasteiger partial charge in [-0.25, -0.2) is 21.9 Å². The molecule has 0 saturated carbocycles. The molecule has 1 unspecified atom stereocenters. The summed E-state index contributed by atoms with van der Waals surface area (Å²) in [5.41, 5.74) is 0.373. The Kier molecular flexibility index (Phi) is 4.66. The van der Waals surface area contributed by atoms with Gasteiger partial charge in [-0.3, -0.25) is 0 Å². The van der Waals surface area contributed by atoms with Crippen LogP contribution in [0, 0.1) is 11.6 Å². The molecule has 0 amide bonds. The smallest absolute Gasteiger partial charge is 0.240 e. The first kappa shape index (κ1) is 15.6. The van der Waals surface area contributed by atoms with Gasteiger partial charge in [0.2, 0.25) is 10.0 Å². The van der Waals surface area contributed by atoms with Crippen LogP contribution >= 0.6 is 0 Å². The van der Waals surface area contributed by atoms with Gasteiger partial charge in [-0.1, -0.05) is 18.2 Å². The van der Waals surface area contributed by atoms with Crippen molar-refractivity contribution in [3.05, 3.63) is 65.7 Å². The lowest BCUT2D eigenvalue weighted by atomic mass is 10.1. The van der Waals surface area contributed by atoms with Crippen LogP contribution in [0.15, 0.2) is 53.4 Å². The van der Waals surface area contributed by atoms with Gasteiger partial charge in [-0.15, -0.1) is 0 Å². The first-order valence-electron chi connectivity index (χ1n) is 6.07. The molecule has 112 valence electrons. The van der Waals surface area contributed by atoms with E-state index in [9.17, 15) is 22.3 Å². The predicted octanol–water partition coefficient (Wildman–Crippen LogP) is 1.98. The van der Waals surface area contributed by atoms with Crippen LogP contribution in [-0.4, -0.2) is 20.1 Å². The van der Waals surface area contributed by atoms with Crippen molar-refractivity contribution in [1.29, 1.82) is 0 Å². The molecule has 2 aromatic carbocycles. The maximum Gasteiger partial charge on any atom is 0.240 e. The highest BCUT2D eigenvalue weighted by atomic mass is 32.2. The summed E-state index contributed by atoms with van der Waals surface area (Å²) in [4.78, 5) is -0.228. The monoisotopic (exact) mass is 313 g/mol. The van der Waals surface area contributed by atoms with Crippen LogP contribution in [0.3, 0.4) is 0 Å². The van der Waals surface area contributed by atoms with Gasteiger partial charge >= 0.3 is 0 Å². The van der Waals surface area contributed by atoms with E-state index >= 15 is 0 Å². The van der Waals surface area contributed by atoms with Crippen molar-refractivity contribution in [3.63, 3.8) is 0 Å². The summed E-state index contributed by atoms with van der Waals surface area (Å²) < 4.78 is 51.8. The quantitative estimate of drug-likeness (QED) is 0.887. The Morgan fingerprint density at radius 2 is 1.71 bits per heavy atom. The predicted molar refractivity (Wildman–Crippen MR) is 72.9 cm³/mol. The molecule has 0 spiro atoms. The second kappa shape index (κ2) is 6.30. The zero-order valence-electron chi connectivity index (χ0n) is 10.8. The maximum absolute atomic E-state index is 13.0. The summed E-state index contributed by atoms with van der Waals surface area (Å²) in [5.74, 6) is -1.12. The van der Waals surface area contributed by atoms with E-state index in [1.165, 1.54) is 36.4 Å². The van der Waals surface area contributed by atoms with Gasteiger partial charge in [0.25, 0.3) is 0 Å². The number of aliphatic hydroxyl groups is 1. The van der Waals surface area contributed by atoms with Crippen molar-refractivity contribution in [1.82, 2.24) is 4.72 Å². The molecular formula is C14H13F2NO3S. The third kappa shape index (κ3) is 4.07. The number of sulfonamides is 1. The lowest BCUT2D eigenvalue weighted by Gasteiger charge is -2.12. The third-order valence-corrected chi connectivity index (χ3v) is 4.25. The van der Waals surface area contributed by atoms with Crippen LogP contribution in [0.5, 0.6) is 0 Å². The highest BCUT2D eigenvalue weighted by molar-refractivity contribution is 7.89. The van der Waals surface area contributed by atoms with E-state index in [4.69, 9.17) is 0 Å². The van der Waals surface area contributed by atoms with Crippen molar-refractivity contribution in [2.75, 3.05) is 6.54 Å². The Labute approximate surface area is 121 Å². The van der Waals surface area contributed by atoms with Gasteiger partial charge in [0.15, 0.2) is 0 Å². The van der Waals surface area contributed by atoms with Gasteiger partial charge in [0.1, 0.15) is 11.6 Å². The summed E-state index contributed by atoms with van der Waals surface area (Å²) in [6.07, 6.45) is -1.13. The van der Waals surface area contributed by atoms with Crippen LogP contribution in [0.4, 0.5) is 8.78 Å². The first-order valence-corrected chi connectivity index (χ1v) is 7.55. The van der Waals surface area contributed by atoms with Crippen LogP contribution < -0.4 is 4.72 Å². The lowest BCUT2D eigenvalue weighted by molar-refractivity contribution is 0.182. The summed E-state index contributed by atoms with van der Waals surface area (Å²) in [6, 6.07) is 9.58. The van der Waals surface area contributed by atoms with Crippen molar-refractivity contribution < 1.29 is 22.3 Å². The molecule has 2 rings (SSSR count). The van der Waals surface area contributed by atoms with E-state index in [0.29, 0.717) is 5.56 Å². The van der Waals surface area contributed by atoms with Gasteiger partial charge in [0, 0.05) is 6.54 Å². The SMILES string of the molecule is O=S(=O)(NCC(O)c1ccc(F)cc1)c1cccc(F)c1. The van der Waals surface area contributed by atoms with E-state index in [0.717, 1.165) is 12.1 Å². The van der Waals surface area contributed by atoms with Crippen LogP contribution in [-0.2, 0) is 10.0 Å². The zero-order valence-corrected chi connectivity index (χ0v) is 11.6. The molecule has 1 atom stereocenters. The molecule has 0 aromatic heterocycles. The molecule has 21 heavy (non-hydrogen) atoms. The highest BCUT2D eigenvalue weighted by Crippen LogP contribution is 2.15. The molecule has 4 nitrogen and oxygen atoms in total. The molecule has 0 aliphatic carbocycles. The Morgan fingerprint density at radius 3 is 2.33 bits per heavy atom. The minimum absolute atomic E-state index is 0.228. The van der Waals surface area contributed by atoms with Crippen molar-refractivity contribution in [2.24, 2.45) is 0 Å². The summed E-state index contributed by atoms with van der Waals surface area (Å²) in [7, 11) is -3.92. The Hall–Kier alpha value is -1.83. The number of rotatable bonds is 5. The molecular weight excluding hydrogens is 300 g/mol. The minimum atomic E-state index is -3.92. The molecule has 0 saturated heterocycles. The minimum Gasteiger partial charge on any atom is -0.387 e. The zero-order chi connectivity index (χ0) is 15.5. The third-order valence-electron chi connectivity index (χ3n) is 2.83. The van der Waals surface area contributed by atoms with Gasteiger partial charge in [-0.05, 0) is 35.9 Å².